The van der Waals surface area contributed by atoms with Crippen molar-refractivity contribution in [2.75, 3.05) is 19.6 Å². The molecule has 1 fully saturated rings. The van der Waals surface area contributed by atoms with Gasteiger partial charge in [-0.15, -0.1) is 0 Å². The molecule has 0 saturated carbocycles. The second kappa shape index (κ2) is 7.24. The smallest absolute Gasteiger partial charge is 0.240 e. The van der Waals surface area contributed by atoms with E-state index in [-0.39, 0.29) is 10.6 Å². The maximum Gasteiger partial charge on any atom is 0.240 e. The number of nitrogens with zero attached hydrogens (tertiary/aromatic N) is 1. The number of likely N-dealkylation sites (tertiary alicyclic amines) is 1. The second-order valence-corrected chi connectivity index (χ2v) is 7.40. The van der Waals surface area contributed by atoms with Gasteiger partial charge in [0.25, 0.3) is 0 Å². The third-order valence-corrected chi connectivity index (χ3v) is 5.44. The van der Waals surface area contributed by atoms with Crippen LogP contribution in [0.25, 0.3) is 0 Å². The van der Waals surface area contributed by atoms with Gasteiger partial charge in [-0.25, -0.2) is 13.1 Å². The number of aromatic hydroxyl groups is 1. The number of rotatable bonds is 6. The van der Waals surface area contributed by atoms with Crippen molar-refractivity contribution in [2.24, 2.45) is 0 Å². The number of hydrogen-bond acceptors (Lipinski definition) is 4. The summed E-state index contributed by atoms with van der Waals surface area (Å²) in [5.41, 5.74) is 0. The van der Waals surface area contributed by atoms with E-state index in [0.29, 0.717) is 12.6 Å². The number of sulfonamides is 1. The van der Waals surface area contributed by atoms with E-state index < -0.39 is 10.0 Å². The highest BCUT2D eigenvalue weighted by molar-refractivity contribution is 7.89. The predicted molar refractivity (Wildman–Crippen MR) is 82.8 cm³/mol. The Morgan fingerprint density at radius 2 is 2.19 bits per heavy atom. The molecule has 1 unspecified atom stereocenters. The van der Waals surface area contributed by atoms with Crippen LogP contribution in [0.4, 0.5) is 0 Å². The van der Waals surface area contributed by atoms with Gasteiger partial charge in [0.15, 0.2) is 0 Å². The molecule has 1 aliphatic heterocycles. The molecule has 5 nitrogen and oxygen atoms in total. The third-order valence-electron chi connectivity index (χ3n) is 3.98. The molecule has 2 N–H and O–H groups in total. The average Bonchev–Trinajstić information content (AvgIpc) is 2.45. The summed E-state index contributed by atoms with van der Waals surface area (Å²) in [6, 6.07) is 6.32. The minimum atomic E-state index is -3.53. The van der Waals surface area contributed by atoms with Crippen LogP contribution in [0.5, 0.6) is 5.75 Å². The summed E-state index contributed by atoms with van der Waals surface area (Å²) in [5.74, 6) is -0.0417. The summed E-state index contributed by atoms with van der Waals surface area (Å²) in [7, 11) is -3.53. The first-order chi connectivity index (χ1) is 9.99. The van der Waals surface area contributed by atoms with Crippen LogP contribution >= 0.6 is 0 Å². The molecule has 1 heterocycles. The van der Waals surface area contributed by atoms with E-state index in [0.717, 1.165) is 19.5 Å². The molecule has 0 bridgehead atoms. The molecule has 0 aliphatic carbocycles. The Morgan fingerprint density at radius 1 is 1.38 bits per heavy atom. The third kappa shape index (κ3) is 4.69. The second-order valence-electron chi connectivity index (χ2n) is 5.63. The number of phenols is 1. The molecule has 1 aromatic rings. The van der Waals surface area contributed by atoms with Crippen molar-refractivity contribution in [2.45, 2.75) is 43.5 Å². The Balaban J connectivity index is 1.80. The van der Waals surface area contributed by atoms with Gasteiger partial charge < -0.3 is 10.0 Å². The Hall–Kier alpha value is -1.11. The number of nitrogens with one attached hydrogen (secondary N) is 1. The lowest BCUT2D eigenvalue weighted by Gasteiger charge is -2.33. The summed E-state index contributed by atoms with van der Waals surface area (Å²) < 4.78 is 26.7. The number of benzene rings is 1. The minimum absolute atomic E-state index is 0.0417. The predicted octanol–water partition coefficient (Wildman–Crippen LogP) is 1.93. The van der Waals surface area contributed by atoms with Gasteiger partial charge in [-0.2, -0.15) is 0 Å². The first-order valence-corrected chi connectivity index (χ1v) is 9.00. The molecule has 6 heteroatoms. The van der Waals surface area contributed by atoms with Crippen LogP contribution in [0.1, 0.15) is 32.6 Å². The van der Waals surface area contributed by atoms with Crippen LogP contribution < -0.4 is 4.72 Å². The normalized spacial score (nSPS) is 20.5. The molecule has 0 amide bonds. The van der Waals surface area contributed by atoms with Gasteiger partial charge in [0.2, 0.25) is 10.0 Å². The molecule has 1 atom stereocenters. The van der Waals surface area contributed by atoms with Gasteiger partial charge in [0.1, 0.15) is 5.75 Å². The standard InChI is InChI=1S/C15H24N2O3S/c1-13-6-2-3-10-17(13)11-5-9-16-21(19,20)15-8-4-7-14(18)12-15/h4,7-8,12-13,16,18H,2-3,5-6,9-11H2,1H3. The Labute approximate surface area is 127 Å². The number of hydrogen-bond donors (Lipinski definition) is 2. The zero-order chi connectivity index (χ0) is 15.3. The van der Waals surface area contributed by atoms with Crippen molar-refractivity contribution < 1.29 is 13.5 Å². The van der Waals surface area contributed by atoms with E-state index >= 15 is 0 Å². The van der Waals surface area contributed by atoms with Crippen LogP contribution in [0, 0.1) is 0 Å². The van der Waals surface area contributed by atoms with Crippen molar-refractivity contribution in [1.82, 2.24) is 9.62 Å². The SMILES string of the molecule is CC1CCCCN1CCCNS(=O)(=O)c1cccc(O)c1. The highest BCUT2D eigenvalue weighted by Gasteiger charge is 2.18. The zero-order valence-electron chi connectivity index (χ0n) is 12.5. The van der Waals surface area contributed by atoms with Crippen LogP contribution in [-0.2, 0) is 10.0 Å². The lowest BCUT2D eigenvalue weighted by molar-refractivity contribution is 0.159. The van der Waals surface area contributed by atoms with Gasteiger partial charge in [0, 0.05) is 12.6 Å². The summed E-state index contributed by atoms with van der Waals surface area (Å²) in [6.45, 7) is 4.68. The molecule has 21 heavy (non-hydrogen) atoms. The molecule has 0 radical (unpaired) electrons. The maximum absolute atomic E-state index is 12.1. The van der Waals surface area contributed by atoms with E-state index in [9.17, 15) is 13.5 Å². The molecule has 1 aromatic carbocycles. The number of piperidine rings is 1. The Morgan fingerprint density at radius 3 is 2.90 bits per heavy atom. The Kier molecular flexibility index (Phi) is 5.61. The fourth-order valence-electron chi connectivity index (χ4n) is 2.71. The Bertz CT molecular complexity index is 560. The highest BCUT2D eigenvalue weighted by Crippen LogP contribution is 2.17. The van der Waals surface area contributed by atoms with Crippen molar-refractivity contribution in [3.05, 3.63) is 24.3 Å². The van der Waals surface area contributed by atoms with E-state index in [1.807, 2.05) is 0 Å². The number of phenolic OH excluding ortho intramolecular Hbond substituents is 1. The molecule has 0 spiro atoms. The lowest BCUT2D eigenvalue weighted by Crippen LogP contribution is -2.39. The van der Waals surface area contributed by atoms with E-state index in [2.05, 4.69) is 16.5 Å². The van der Waals surface area contributed by atoms with Crippen molar-refractivity contribution >= 4 is 10.0 Å². The summed E-state index contributed by atoms with van der Waals surface area (Å²) in [4.78, 5) is 2.53. The molecule has 118 valence electrons. The van der Waals surface area contributed by atoms with Crippen LogP contribution in [0.15, 0.2) is 29.2 Å². The topological polar surface area (TPSA) is 69.6 Å². The quantitative estimate of drug-likeness (QED) is 0.788. The minimum Gasteiger partial charge on any atom is -0.508 e. The molecule has 2 rings (SSSR count). The van der Waals surface area contributed by atoms with Crippen LogP contribution in [-0.4, -0.2) is 44.1 Å². The summed E-state index contributed by atoms with van der Waals surface area (Å²) >= 11 is 0. The lowest BCUT2D eigenvalue weighted by atomic mass is 10.0. The zero-order valence-corrected chi connectivity index (χ0v) is 13.3. The van der Waals surface area contributed by atoms with Gasteiger partial charge in [-0.1, -0.05) is 12.5 Å². The highest BCUT2D eigenvalue weighted by atomic mass is 32.2. The van der Waals surface area contributed by atoms with Gasteiger partial charge in [0.05, 0.1) is 4.90 Å². The first kappa shape index (κ1) is 16.3. The van der Waals surface area contributed by atoms with E-state index in [1.165, 1.54) is 43.5 Å². The average molecular weight is 312 g/mol. The molecule has 0 aromatic heterocycles. The van der Waals surface area contributed by atoms with Crippen LogP contribution in [0.3, 0.4) is 0 Å². The summed E-state index contributed by atoms with van der Waals surface area (Å²) in [6.07, 6.45) is 4.55. The molecular weight excluding hydrogens is 288 g/mol. The van der Waals surface area contributed by atoms with E-state index in [1.54, 1.807) is 0 Å². The van der Waals surface area contributed by atoms with Gasteiger partial charge in [-0.05, 0) is 57.5 Å². The van der Waals surface area contributed by atoms with Crippen LogP contribution in [0.2, 0.25) is 0 Å². The first-order valence-electron chi connectivity index (χ1n) is 7.52. The van der Waals surface area contributed by atoms with Crippen molar-refractivity contribution in [3.63, 3.8) is 0 Å². The molecule has 1 saturated heterocycles. The van der Waals surface area contributed by atoms with Crippen molar-refractivity contribution in [3.8, 4) is 5.75 Å². The fraction of sp³-hybridized carbons (Fsp3) is 0.600. The van der Waals surface area contributed by atoms with E-state index in [4.69, 9.17) is 0 Å². The van der Waals surface area contributed by atoms with Gasteiger partial charge >= 0.3 is 0 Å². The van der Waals surface area contributed by atoms with Gasteiger partial charge in [-0.3, -0.25) is 0 Å². The summed E-state index contributed by atoms with van der Waals surface area (Å²) in [5, 5.41) is 9.35. The maximum atomic E-state index is 12.1. The van der Waals surface area contributed by atoms with Crippen molar-refractivity contribution in [1.29, 1.82) is 0 Å². The fourth-order valence-corrected chi connectivity index (χ4v) is 3.83. The molecular formula is C15H24N2O3S. The molecule has 1 aliphatic rings. The largest absolute Gasteiger partial charge is 0.508 e. The monoisotopic (exact) mass is 312 g/mol.